The predicted molar refractivity (Wildman–Crippen MR) is 65.8 cm³/mol. The zero-order valence-electron chi connectivity index (χ0n) is 9.34. The van der Waals surface area contributed by atoms with Gasteiger partial charge in [0.25, 0.3) is 0 Å². The van der Waals surface area contributed by atoms with E-state index >= 15 is 0 Å². The number of aromatic nitrogens is 1. The first kappa shape index (κ1) is 9.90. The van der Waals surface area contributed by atoms with Crippen LogP contribution in [0.5, 0.6) is 5.75 Å². The number of phenols is 1. The van der Waals surface area contributed by atoms with Gasteiger partial charge in [-0.25, -0.2) is 4.98 Å². The normalized spacial score (nSPS) is 10.9. The predicted octanol–water partition coefficient (Wildman–Crippen LogP) is 3.51. The highest BCUT2D eigenvalue weighted by molar-refractivity contribution is 5.80. The van der Waals surface area contributed by atoms with Crippen molar-refractivity contribution in [3.63, 3.8) is 0 Å². The maximum atomic E-state index is 9.25. The summed E-state index contributed by atoms with van der Waals surface area (Å²) in [5.41, 5.74) is 3.76. The van der Waals surface area contributed by atoms with Crippen LogP contribution in [0.3, 0.4) is 0 Å². The fourth-order valence-electron chi connectivity index (χ4n) is 1.88. The Bertz CT molecular complexity index is 668. The Hall–Kier alpha value is -2.29. The number of rotatable bonds is 1. The third-order valence-corrected chi connectivity index (χ3v) is 2.70. The van der Waals surface area contributed by atoms with Crippen LogP contribution in [0.2, 0.25) is 0 Å². The maximum Gasteiger partial charge on any atom is 0.192 e. The fraction of sp³-hybridized carbons (Fsp3) is 0.0714. The van der Waals surface area contributed by atoms with Crippen molar-refractivity contribution in [2.24, 2.45) is 0 Å². The monoisotopic (exact) mass is 225 g/mol. The van der Waals surface area contributed by atoms with E-state index < -0.39 is 0 Å². The van der Waals surface area contributed by atoms with Crippen molar-refractivity contribution in [3.8, 4) is 16.9 Å². The Morgan fingerprint density at radius 3 is 2.47 bits per heavy atom. The summed E-state index contributed by atoms with van der Waals surface area (Å²) in [5, 5.41) is 9.25. The first-order valence-electron chi connectivity index (χ1n) is 5.39. The van der Waals surface area contributed by atoms with Crippen molar-refractivity contribution in [2.75, 3.05) is 0 Å². The Labute approximate surface area is 98.3 Å². The second kappa shape index (κ2) is 3.63. The van der Waals surface area contributed by atoms with Gasteiger partial charge >= 0.3 is 0 Å². The number of aryl methyl sites for hydroxylation is 1. The average molecular weight is 225 g/mol. The lowest BCUT2D eigenvalue weighted by Crippen LogP contribution is -1.77. The minimum Gasteiger partial charge on any atom is -0.508 e. The number of oxazole rings is 1. The van der Waals surface area contributed by atoms with Crippen molar-refractivity contribution in [1.29, 1.82) is 0 Å². The van der Waals surface area contributed by atoms with Gasteiger partial charge in [-0.1, -0.05) is 18.2 Å². The van der Waals surface area contributed by atoms with E-state index in [0.29, 0.717) is 5.89 Å². The SMILES string of the molecule is Cc1nc2cc(-c3ccc(O)cc3)ccc2o1. The van der Waals surface area contributed by atoms with Gasteiger partial charge in [0.05, 0.1) is 0 Å². The average Bonchev–Trinajstić information content (AvgIpc) is 2.69. The van der Waals surface area contributed by atoms with Gasteiger partial charge in [-0.2, -0.15) is 0 Å². The van der Waals surface area contributed by atoms with Gasteiger partial charge in [-0.3, -0.25) is 0 Å². The van der Waals surface area contributed by atoms with Gasteiger partial charge in [-0.05, 0) is 35.4 Å². The van der Waals surface area contributed by atoms with E-state index in [1.54, 1.807) is 12.1 Å². The molecule has 1 N–H and O–H groups in total. The Morgan fingerprint density at radius 2 is 1.71 bits per heavy atom. The minimum absolute atomic E-state index is 0.270. The van der Waals surface area contributed by atoms with Crippen molar-refractivity contribution in [1.82, 2.24) is 4.98 Å². The number of benzene rings is 2. The molecule has 3 aromatic rings. The quantitative estimate of drug-likeness (QED) is 0.689. The summed E-state index contributed by atoms with van der Waals surface area (Å²) in [6.45, 7) is 1.83. The molecule has 2 aromatic carbocycles. The van der Waals surface area contributed by atoms with Crippen LogP contribution in [0.1, 0.15) is 5.89 Å². The zero-order chi connectivity index (χ0) is 11.8. The van der Waals surface area contributed by atoms with Crippen LogP contribution in [0.25, 0.3) is 22.2 Å². The maximum absolute atomic E-state index is 9.25. The molecule has 84 valence electrons. The summed E-state index contributed by atoms with van der Waals surface area (Å²) in [7, 11) is 0. The molecule has 0 amide bonds. The van der Waals surface area contributed by atoms with Crippen LogP contribution in [0, 0.1) is 6.92 Å². The Morgan fingerprint density at radius 1 is 1.00 bits per heavy atom. The number of aromatic hydroxyl groups is 1. The standard InChI is InChI=1S/C14H11NO2/c1-9-15-13-8-11(4-7-14(13)17-9)10-2-5-12(16)6-3-10/h2-8,16H,1H3. The molecule has 0 unspecified atom stereocenters. The first-order chi connectivity index (χ1) is 8.22. The molecule has 17 heavy (non-hydrogen) atoms. The number of hydrogen-bond acceptors (Lipinski definition) is 3. The number of fused-ring (bicyclic) bond motifs is 1. The molecule has 3 rings (SSSR count). The van der Waals surface area contributed by atoms with Gasteiger partial charge in [0.2, 0.25) is 0 Å². The molecule has 0 bridgehead atoms. The molecule has 1 aromatic heterocycles. The summed E-state index contributed by atoms with van der Waals surface area (Å²) < 4.78 is 5.43. The van der Waals surface area contributed by atoms with E-state index in [9.17, 15) is 5.11 Å². The highest BCUT2D eigenvalue weighted by Crippen LogP contribution is 2.25. The highest BCUT2D eigenvalue weighted by atomic mass is 16.3. The summed E-state index contributed by atoms with van der Waals surface area (Å²) in [5.74, 6) is 0.940. The molecule has 0 aliphatic carbocycles. The number of phenolic OH excluding ortho intramolecular Hbond substituents is 1. The molecule has 0 spiro atoms. The topological polar surface area (TPSA) is 46.3 Å². The van der Waals surface area contributed by atoms with Gasteiger partial charge in [0.15, 0.2) is 11.5 Å². The lowest BCUT2D eigenvalue weighted by atomic mass is 10.1. The second-order valence-corrected chi connectivity index (χ2v) is 3.96. The lowest BCUT2D eigenvalue weighted by Gasteiger charge is -2.01. The summed E-state index contributed by atoms with van der Waals surface area (Å²) in [6, 6.07) is 13.0. The zero-order valence-corrected chi connectivity index (χ0v) is 9.34. The van der Waals surface area contributed by atoms with Gasteiger partial charge < -0.3 is 9.52 Å². The van der Waals surface area contributed by atoms with Crippen LogP contribution < -0.4 is 0 Å². The molecule has 0 fully saturated rings. The van der Waals surface area contributed by atoms with Crippen LogP contribution in [0.15, 0.2) is 46.9 Å². The molecule has 3 heteroatoms. The lowest BCUT2D eigenvalue weighted by molar-refractivity contribution is 0.475. The molecule has 0 saturated heterocycles. The van der Waals surface area contributed by atoms with E-state index in [1.807, 2.05) is 37.3 Å². The van der Waals surface area contributed by atoms with Crippen molar-refractivity contribution < 1.29 is 9.52 Å². The van der Waals surface area contributed by atoms with E-state index in [2.05, 4.69) is 4.98 Å². The third-order valence-electron chi connectivity index (χ3n) is 2.70. The Kier molecular flexibility index (Phi) is 2.11. The van der Waals surface area contributed by atoms with E-state index in [1.165, 1.54) is 0 Å². The van der Waals surface area contributed by atoms with Crippen molar-refractivity contribution in [2.45, 2.75) is 6.92 Å². The van der Waals surface area contributed by atoms with E-state index in [-0.39, 0.29) is 5.75 Å². The van der Waals surface area contributed by atoms with Gasteiger partial charge in [0, 0.05) is 6.92 Å². The summed E-state index contributed by atoms with van der Waals surface area (Å²) >= 11 is 0. The number of hydrogen-bond donors (Lipinski definition) is 1. The third kappa shape index (κ3) is 1.76. The smallest absolute Gasteiger partial charge is 0.192 e. The minimum atomic E-state index is 0.270. The Balaban J connectivity index is 2.13. The molecule has 1 heterocycles. The largest absolute Gasteiger partial charge is 0.508 e. The van der Waals surface area contributed by atoms with Crippen LogP contribution >= 0.6 is 0 Å². The van der Waals surface area contributed by atoms with Crippen molar-refractivity contribution >= 4 is 11.1 Å². The second-order valence-electron chi connectivity index (χ2n) is 3.96. The van der Waals surface area contributed by atoms with Gasteiger partial charge in [-0.15, -0.1) is 0 Å². The van der Waals surface area contributed by atoms with Crippen LogP contribution in [-0.4, -0.2) is 10.1 Å². The molecule has 0 aliphatic heterocycles. The molecule has 0 saturated carbocycles. The highest BCUT2D eigenvalue weighted by Gasteiger charge is 2.04. The van der Waals surface area contributed by atoms with E-state index in [4.69, 9.17) is 4.42 Å². The summed E-state index contributed by atoms with van der Waals surface area (Å²) in [6.07, 6.45) is 0. The van der Waals surface area contributed by atoms with Crippen molar-refractivity contribution in [3.05, 3.63) is 48.4 Å². The fourth-order valence-corrected chi connectivity index (χ4v) is 1.88. The van der Waals surface area contributed by atoms with Crippen LogP contribution in [0.4, 0.5) is 0 Å². The van der Waals surface area contributed by atoms with E-state index in [0.717, 1.165) is 22.2 Å². The van der Waals surface area contributed by atoms with Crippen LogP contribution in [-0.2, 0) is 0 Å². The molecule has 0 aliphatic rings. The molecule has 3 nitrogen and oxygen atoms in total. The molecule has 0 atom stereocenters. The summed E-state index contributed by atoms with van der Waals surface area (Å²) in [4.78, 5) is 4.30. The molecule has 0 radical (unpaired) electrons. The molecular formula is C14H11NO2. The first-order valence-corrected chi connectivity index (χ1v) is 5.39. The van der Waals surface area contributed by atoms with Gasteiger partial charge in [0.1, 0.15) is 11.3 Å². The molecular weight excluding hydrogens is 214 g/mol. The number of nitrogens with zero attached hydrogens (tertiary/aromatic N) is 1.